The number of hydrogen-bond acceptors (Lipinski definition) is 2. The molecule has 0 heterocycles. The van der Waals surface area contributed by atoms with E-state index in [4.69, 9.17) is 17.0 Å². The van der Waals surface area contributed by atoms with E-state index >= 15 is 0 Å². The van der Waals surface area contributed by atoms with Gasteiger partial charge < -0.3 is 15.4 Å². The SMILES string of the molecule is COc1ccccc1NC(=S)NCC1(c2ccc(F)cc2F)CC1(C)C. The number of hydrogen-bond donors (Lipinski definition) is 2. The molecule has 0 radical (unpaired) electrons. The van der Waals surface area contributed by atoms with Crippen molar-refractivity contribution in [1.82, 2.24) is 5.32 Å². The smallest absolute Gasteiger partial charge is 0.170 e. The van der Waals surface area contributed by atoms with Crippen molar-refractivity contribution in [2.75, 3.05) is 19.0 Å². The summed E-state index contributed by atoms with van der Waals surface area (Å²) in [5.41, 5.74) is 0.761. The van der Waals surface area contributed by atoms with Crippen molar-refractivity contribution < 1.29 is 13.5 Å². The lowest BCUT2D eigenvalue weighted by Gasteiger charge is -2.23. The summed E-state index contributed by atoms with van der Waals surface area (Å²) in [6.45, 7) is 4.62. The molecule has 2 aromatic rings. The number of benzene rings is 2. The normalized spacial score (nSPS) is 20.3. The maximum atomic E-state index is 14.4. The molecule has 3 nitrogen and oxygen atoms in total. The van der Waals surface area contributed by atoms with Gasteiger partial charge in [-0.2, -0.15) is 0 Å². The van der Waals surface area contributed by atoms with Gasteiger partial charge in [0.25, 0.3) is 0 Å². The molecular weight excluding hydrogens is 354 g/mol. The highest BCUT2D eigenvalue weighted by Gasteiger charge is 2.62. The lowest BCUT2D eigenvalue weighted by Crippen LogP contribution is -2.37. The molecule has 1 fully saturated rings. The fourth-order valence-corrected chi connectivity index (χ4v) is 3.77. The van der Waals surface area contributed by atoms with E-state index in [0.29, 0.717) is 23.0 Å². The Morgan fingerprint density at radius 2 is 1.88 bits per heavy atom. The third-order valence-electron chi connectivity index (χ3n) is 5.27. The van der Waals surface area contributed by atoms with E-state index in [9.17, 15) is 8.78 Å². The van der Waals surface area contributed by atoms with Crippen LogP contribution in [0.4, 0.5) is 14.5 Å². The number of anilines is 1. The molecule has 1 aliphatic rings. The van der Waals surface area contributed by atoms with Gasteiger partial charge in [0.05, 0.1) is 12.8 Å². The number of methoxy groups -OCH3 is 1. The van der Waals surface area contributed by atoms with Gasteiger partial charge in [-0.25, -0.2) is 8.78 Å². The molecule has 2 aromatic carbocycles. The van der Waals surface area contributed by atoms with Crippen LogP contribution in [0, 0.1) is 17.0 Å². The Kier molecular flexibility index (Phi) is 4.88. The molecule has 0 aliphatic heterocycles. The molecule has 26 heavy (non-hydrogen) atoms. The molecule has 1 unspecified atom stereocenters. The standard InChI is InChI=1S/C20H22F2N2OS/c1-19(2)11-20(19,14-9-8-13(21)10-15(14)22)12-23-18(26)24-16-6-4-5-7-17(16)25-3/h4-10H,11-12H2,1-3H3,(H2,23,24,26). The fraction of sp³-hybridized carbons (Fsp3) is 0.350. The number of rotatable bonds is 5. The zero-order valence-electron chi connectivity index (χ0n) is 15.0. The van der Waals surface area contributed by atoms with Gasteiger partial charge in [0.1, 0.15) is 17.4 Å². The Bertz CT molecular complexity index is 840. The lowest BCUT2D eigenvalue weighted by atomic mass is 9.87. The van der Waals surface area contributed by atoms with Crippen LogP contribution in [0.15, 0.2) is 42.5 Å². The van der Waals surface area contributed by atoms with Gasteiger partial charge >= 0.3 is 0 Å². The van der Waals surface area contributed by atoms with E-state index in [1.807, 2.05) is 24.3 Å². The quantitative estimate of drug-likeness (QED) is 0.746. The second-order valence-corrected chi connectivity index (χ2v) is 7.68. The van der Waals surface area contributed by atoms with E-state index in [-0.39, 0.29) is 5.41 Å². The van der Waals surface area contributed by atoms with Crippen LogP contribution in [0.2, 0.25) is 0 Å². The van der Waals surface area contributed by atoms with Crippen LogP contribution in [-0.4, -0.2) is 18.8 Å². The molecule has 0 bridgehead atoms. The average molecular weight is 376 g/mol. The van der Waals surface area contributed by atoms with Gasteiger partial charge in [-0.1, -0.05) is 32.0 Å². The summed E-state index contributed by atoms with van der Waals surface area (Å²) in [7, 11) is 1.59. The summed E-state index contributed by atoms with van der Waals surface area (Å²) >= 11 is 5.39. The molecular formula is C20H22F2N2OS. The summed E-state index contributed by atoms with van der Waals surface area (Å²) in [5, 5.41) is 6.72. The van der Waals surface area contributed by atoms with Crippen molar-refractivity contribution in [2.45, 2.75) is 25.7 Å². The minimum atomic E-state index is -0.568. The van der Waals surface area contributed by atoms with Crippen LogP contribution in [0.25, 0.3) is 0 Å². The molecule has 3 rings (SSSR count). The molecule has 138 valence electrons. The number of ether oxygens (including phenoxy) is 1. The van der Waals surface area contributed by atoms with Crippen molar-refractivity contribution in [3.63, 3.8) is 0 Å². The maximum Gasteiger partial charge on any atom is 0.170 e. The monoisotopic (exact) mass is 376 g/mol. The summed E-state index contributed by atoms with van der Waals surface area (Å²) in [4.78, 5) is 0. The third-order valence-corrected chi connectivity index (χ3v) is 5.51. The first-order valence-electron chi connectivity index (χ1n) is 8.42. The van der Waals surface area contributed by atoms with E-state index in [2.05, 4.69) is 24.5 Å². The zero-order chi connectivity index (χ0) is 18.9. The molecule has 1 saturated carbocycles. The Hall–Kier alpha value is -2.21. The van der Waals surface area contributed by atoms with Gasteiger partial charge in [0.2, 0.25) is 0 Å². The number of para-hydroxylation sites is 2. The topological polar surface area (TPSA) is 33.3 Å². The second-order valence-electron chi connectivity index (χ2n) is 7.27. The predicted octanol–water partition coefficient (Wildman–Crippen LogP) is 4.63. The van der Waals surface area contributed by atoms with Gasteiger partial charge in [-0.05, 0) is 47.8 Å². The van der Waals surface area contributed by atoms with Crippen LogP contribution in [-0.2, 0) is 5.41 Å². The fourth-order valence-electron chi connectivity index (χ4n) is 3.59. The number of halogens is 2. The molecule has 1 atom stereocenters. The molecule has 6 heteroatoms. The molecule has 0 saturated heterocycles. The highest BCUT2D eigenvalue weighted by Crippen LogP contribution is 2.64. The largest absolute Gasteiger partial charge is 0.495 e. The van der Waals surface area contributed by atoms with Crippen LogP contribution in [0.3, 0.4) is 0 Å². The highest BCUT2D eigenvalue weighted by atomic mass is 32.1. The summed E-state index contributed by atoms with van der Waals surface area (Å²) in [6, 6.07) is 11.2. The van der Waals surface area contributed by atoms with E-state index in [0.717, 1.165) is 18.2 Å². The van der Waals surface area contributed by atoms with Crippen LogP contribution >= 0.6 is 12.2 Å². The van der Waals surface area contributed by atoms with Crippen molar-refractivity contribution in [2.24, 2.45) is 5.41 Å². The van der Waals surface area contributed by atoms with Crippen molar-refractivity contribution in [3.8, 4) is 5.75 Å². The summed E-state index contributed by atoms with van der Waals surface area (Å²) in [5.74, 6) is -0.398. The number of nitrogens with one attached hydrogen (secondary N) is 2. The third kappa shape index (κ3) is 3.38. The van der Waals surface area contributed by atoms with Gasteiger partial charge in [-0.3, -0.25) is 0 Å². The van der Waals surface area contributed by atoms with E-state index in [1.165, 1.54) is 12.1 Å². The highest BCUT2D eigenvalue weighted by molar-refractivity contribution is 7.80. The first-order chi connectivity index (χ1) is 12.3. The molecule has 2 N–H and O–H groups in total. The van der Waals surface area contributed by atoms with Crippen LogP contribution < -0.4 is 15.4 Å². The van der Waals surface area contributed by atoms with Crippen LogP contribution in [0.5, 0.6) is 5.75 Å². The minimum absolute atomic E-state index is 0.0985. The molecule has 0 amide bonds. The van der Waals surface area contributed by atoms with E-state index in [1.54, 1.807) is 7.11 Å². The first kappa shape index (κ1) is 18.6. The van der Waals surface area contributed by atoms with Crippen molar-refractivity contribution >= 4 is 23.0 Å². The Morgan fingerprint density at radius 3 is 2.50 bits per heavy atom. The Morgan fingerprint density at radius 1 is 1.19 bits per heavy atom. The average Bonchev–Trinajstić information content (AvgIpc) is 3.15. The summed E-state index contributed by atoms with van der Waals surface area (Å²) in [6.07, 6.45) is 0.798. The Labute approximate surface area is 157 Å². The van der Waals surface area contributed by atoms with Crippen molar-refractivity contribution in [1.29, 1.82) is 0 Å². The second kappa shape index (κ2) is 6.83. The van der Waals surface area contributed by atoms with Crippen LogP contribution in [0.1, 0.15) is 25.8 Å². The van der Waals surface area contributed by atoms with Gasteiger partial charge in [0, 0.05) is 18.0 Å². The van der Waals surface area contributed by atoms with E-state index < -0.39 is 17.0 Å². The molecule has 1 aliphatic carbocycles. The van der Waals surface area contributed by atoms with Crippen molar-refractivity contribution in [3.05, 3.63) is 59.7 Å². The molecule has 0 spiro atoms. The zero-order valence-corrected chi connectivity index (χ0v) is 15.8. The Balaban J connectivity index is 1.73. The van der Waals surface area contributed by atoms with Gasteiger partial charge in [0.15, 0.2) is 5.11 Å². The number of thiocarbonyl (C=S) groups is 1. The first-order valence-corrected chi connectivity index (χ1v) is 8.83. The lowest BCUT2D eigenvalue weighted by molar-refractivity contribution is 0.417. The van der Waals surface area contributed by atoms with Gasteiger partial charge in [-0.15, -0.1) is 0 Å². The maximum absolute atomic E-state index is 14.4. The molecule has 0 aromatic heterocycles. The minimum Gasteiger partial charge on any atom is -0.495 e. The summed E-state index contributed by atoms with van der Waals surface area (Å²) < 4.78 is 32.9. The predicted molar refractivity (Wildman–Crippen MR) is 104 cm³/mol.